The van der Waals surface area contributed by atoms with Gasteiger partial charge in [0.15, 0.2) is 0 Å². The van der Waals surface area contributed by atoms with Gasteiger partial charge in [0.1, 0.15) is 11.5 Å². The first-order valence-corrected chi connectivity index (χ1v) is 21.8. The molecular weight excluding hydrogens is 693 g/mol. The fourth-order valence-electron chi connectivity index (χ4n) is 7.71. The van der Waals surface area contributed by atoms with E-state index in [-0.39, 0.29) is 23.9 Å². The van der Waals surface area contributed by atoms with Gasteiger partial charge in [-0.15, -0.1) is 0 Å². The molecule has 0 bridgehead atoms. The number of carbonyl (C=O) groups is 2. The van der Waals surface area contributed by atoms with E-state index in [1.165, 1.54) is 60.8 Å². The fraction of sp³-hybridized carbons (Fsp3) is 0.480. The van der Waals surface area contributed by atoms with E-state index in [0.717, 1.165) is 102 Å². The molecule has 0 unspecified atom stereocenters. The molecule has 6 nitrogen and oxygen atoms in total. The Balaban J connectivity index is 0.809. The van der Waals surface area contributed by atoms with Gasteiger partial charge in [-0.05, 0) is 85.0 Å². The highest BCUT2D eigenvalue weighted by molar-refractivity contribution is 5.78. The zero-order chi connectivity index (χ0) is 38.9. The standard InChI is InChI=1S/C50H66N2O4/c53-49(29-17-7-3-1-5-9-21-39-55-45-35-31-43(32-36-45)41-23-13-11-14-24-41)51-47-27-19-20-28-48(47)52-50(54)30-18-8-4-2-6-10-22-40-56-46-37-33-44(34-38-46)42-25-15-12-16-26-42/h11-16,23-26,31-38,47-48H,1-10,17-22,27-30,39-40H2,(H,51,53)(H,52,54)/t47-,48-/m1/s1. The van der Waals surface area contributed by atoms with Crippen LogP contribution in [-0.4, -0.2) is 37.1 Å². The minimum atomic E-state index is 0.0573. The average Bonchev–Trinajstić information content (AvgIpc) is 3.24. The first kappa shape index (κ1) is 42.6. The molecule has 1 fully saturated rings. The van der Waals surface area contributed by atoms with Crippen molar-refractivity contribution < 1.29 is 19.1 Å². The van der Waals surface area contributed by atoms with Crippen molar-refractivity contribution in [3.8, 4) is 33.8 Å². The van der Waals surface area contributed by atoms with Gasteiger partial charge >= 0.3 is 0 Å². The lowest BCUT2D eigenvalue weighted by atomic mass is 9.90. The lowest BCUT2D eigenvalue weighted by Gasteiger charge is -2.33. The summed E-state index contributed by atoms with van der Waals surface area (Å²) >= 11 is 0. The monoisotopic (exact) mass is 759 g/mol. The van der Waals surface area contributed by atoms with Crippen molar-refractivity contribution in [2.45, 2.75) is 141 Å². The molecule has 2 N–H and O–H groups in total. The molecule has 0 radical (unpaired) electrons. The quantitative estimate of drug-likeness (QED) is 0.0625. The summed E-state index contributed by atoms with van der Waals surface area (Å²) in [6.07, 6.45) is 20.9. The van der Waals surface area contributed by atoms with Crippen molar-refractivity contribution in [2.75, 3.05) is 13.2 Å². The highest BCUT2D eigenvalue weighted by atomic mass is 16.5. The number of unbranched alkanes of at least 4 members (excludes halogenated alkanes) is 12. The topological polar surface area (TPSA) is 76.7 Å². The maximum absolute atomic E-state index is 12.8. The Morgan fingerprint density at radius 2 is 0.732 bits per heavy atom. The lowest BCUT2D eigenvalue weighted by Crippen LogP contribution is -2.53. The van der Waals surface area contributed by atoms with Crippen LogP contribution in [0.2, 0.25) is 0 Å². The van der Waals surface area contributed by atoms with Gasteiger partial charge in [-0.1, -0.05) is 162 Å². The predicted molar refractivity (Wildman–Crippen MR) is 231 cm³/mol. The van der Waals surface area contributed by atoms with Crippen LogP contribution in [0.1, 0.15) is 128 Å². The fourth-order valence-corrected chi connectivity index (χ4v) is 7.71. The van der Waals surface area contributed by atoms with E-state index >= 15 is 0 Å². The summed E-state index contributed by atoms with van der Waals surface area (Å²) in [5, 5.41) is 6.54. The summed E-state index contributed by atoms with van der Waals surface area (Å²) in [5.41, 5.74) is 4.85. The van der Waals surface area contributed by atoms with Gasteiger partial charge in [-0.25, -0.2) is 0 Å². The minimum absolute atomic E-state index is 0.0573. The van der Waals surface area contributed by atoms with Crippen LogP contribution in [0.3, 0.4) is 0 Å². The Hall–Kier alpha value is -4.58. The number of nitrogens with one attached hydrogen (secondary N) is 2. The Morgan fingerprint density at radius 3 is 1.11 bits per heavy atom. The minimum Gasteiger partial charge on any atom is -0.494 e. The molecular formula is C50H66N2O4. The van der Waals surface area contributed by atoms with Crippen molar-refractivity contribution in [1.29, 1.82) is 0 Å². The number of ether oxygens (including phenoxy) is 2. The molecule has 0 aliphatic heterocycles. The highest BCUT2D eigenvalue weighted by Gasteiger charge is 2.27. The predicted octanol–water partition coefficient (Wildman–Crippen LogP) is 12.3. The van der Waals surface area contributed by atoms with Crippen LogP contribution in [0.4, 0.5) is 0 Å². The molecule has 4 aromatic carbocycles. The molecule has 1 aliphatic carbocycles. The van der Waals surface area contributed by atoms with Crippen LogP contribution in [0.25, 0.3) is 22.3 Å². The Morgan fingerprint density at radius 1 is 0.411 bits per heavy atom. The third kappa shape index (κ3) is 16.3. The molecule has 1 saturated carbocycles. The molecule has 4 aromatic rings. The smallest absolute Gasteiger partial charge is 0.220 e. The zero-order valence-corrected chi connectivity index (χ0v) is 33.7. The third-order valence-electron chi connectivity index (χ3n) is 11.0. The SMILES string of the molecule is O=C(CCCCCCCCCOc1ccc(-c2ccccc2)cc1)N[C@@H]1CCCC[C@H]1NC(=O)CCCCCCCCCOc1ccc(-c2ccccc2)cc1. The normalized spacial score (nSPS) is 15.2. The summed E-state index contributed by atoms with van der Waals surface area (Å²) in [6.45, 7) is 1.50. The summed E-state index contributed by atoms with van der Waals surface area (Å²) in [4.78, 5) is 25.6. The van der Waals surface area contributed by atoms with Crippen LogP contribution in [-0.2, 0) is 9.59 Å². The molecule has 56 heavy (non-hydrogen) atoms. The highest BCUT2D eigenvalue weighted by Crippen LogP contribution is 2.24. The molecule has 5 rings (SSSR count). The van der Waals surface area contributed by atoms with Crippen LogP contribution < -0.4 is 20.1 Å². The molecule has 1 aliphatic rings. The van der Waals surface area contributed by atoms with E-state index in [1.54, 1.807) is 0 Å². The van der Waals surface area contributed by atoms with Crippen molar-refractivity contribution >= 4 is 11.8 Å². The van der Waals surface area contributed by atoms with Gasteiger partial charge in [0, 0.05) is 24.9 Å². The van der Waals surface area contributed by atoms with E-state index in [0.29, 0.717) is 12.8 Å². The number of hydrogen-bond donors (Lipinski definition) is 2. The number of rotatable bonds is 26. The van der Waals surface area contributed by atoms with Crippen molar-refractivity contribution in [2.24, 2.45) is 0 Å². The molecule has 0 spiro atoms. The first-order chi connectivity index (χ1) is 27.6. The van der Waals surface area contributed by atoms with Crippen LogP contribution in [0, 0.1) is 0 Å². The molecule has 6 heteroatoms. The molecule has 2 amide bonds. The number of carbonyl (C=O) groups excluding carboxylic acids is 2. The van der Waals surface area contributed by atoms with E-state index in [9.17, 15) is 9.59 Å². The van der Waals surface area contributed by atoms with Crippen molar-refractivity contribution in [3.05, 3.63) is 109 Å². The summed E-state index contributed by atoms with van der Waals surface area (Å²) in [6, 6.07) is 37.6. The summed E-state index contributed by atoms with van der Waals surface area (Å²) in [7, 11) is 0. The largest absolute Gasteiger partial charge is 0.494 e. The Labute approximate surface area is 337 Å². The molecule has 0 heterocycles. The Kier molecular flexibility index (Phi) is 19.4. The van der Waals surface area contributed by atoms with Gasteiger partial charge in [0.05, 0.1) is 13.2 Å². The van der Waals surface area contributed by atoms with Crippen LogP contribution >= 0.6 is 0 Å². The van der Waals surface area contributed by atoms with E-state index < -0.39 is 0 Å². The van der Waals surface area contributed by atoms with Crippen molar-refractivity contribution in [1.82, 2.24) is 10.6 Å². The van der Waals surface area contributed by atoms with Gasteiger partial charge in [-0.2, -0.15) is 0 Å². The second-order valence-corrected chi connectivity index (χ2v) is 15.6. The molecule has 0 saturated heterocycles. The molecule has 2 atom stereocenters. The summed E-state index contributed by atoms with van der Waals surface area (Å²) < 4.78 is 11.9. The van der Waals surface area contributed by atoms with E-state index in [4.69, 9.17) is 9.47 Å². The van der Waals surface area contributed by atoms with Gasteiger partial charge in [0.2, 0.25) is 11.8 Å². The third-order valence-corrected chi connectivity index (χ3v) is 11.0. The van der Waals surface area contributed by atoms with Gasteiger partial charge in [-0.3, -0.25) is 9.59 Å². The van der Waals surface area contributed by atoms with Crippen LogP contribution in [0.5, 0.6) is 11.5 Å². The number of benzene rings is 4. The number of hydrogen-bond acceptors (Lipinski definition) is 4. The second-order valence-electron chi connectivity index (χ2n) is 15.6. The van der Waals surface area contributed by atoms with Gasteiger partial charge < -0.3 is 20.1 Å². The molecule has 0 aromatic heterocycles. The average molecular weight is 759 g/mol. The zero-order valence-electron chi connectivity index (χ0n) is 33.7. The number of amides is 2. The summed E-state index contributed by atoms with van der Waals surface area (Å²) in [5.74, 6) is 2.12. The maximum Gasteiger partial charge on any atom is 0.220 e. The van der Waals surface area contributed by atoms with E-state index in [1.807, 2.05) is 12.1 Å². The van der Waals surface area contributed by atoms with Crippen LogP contribution in [0.15, 0.2) is 109 Å². The second kappa shape index (κ2) is 25.6. The molecule has 300 valence electrons. The van der Waals surface area contributed by atoms with E-state index in [2.05, 4.69) is 108 Å². The Bertz CT molecular complexity index is 1520. The van der Waals surface area contributed by atoms with Gasteiger partial charge in [0.25, 0.3) is 0 Å². The van der Waals surface area contributed by atoms with Crippen molar-refractivity contribution in [3.63, 3.8) is 0 Å². The lowest BCUT2D eigenvalue weighted by molar-refractivity contribution is -0.125. The maximum atomic E-state index is 12.8. The first-order valence-electron chi connectivity index (χ1n) is 21.8.